The van der Waals surface area contributed by atoms with Crippen molar-refractivity contribution in [1.29, 1.82) is 0 Å². The molecule has 0 spiro atoms. The summed E-state index contributed by atoms with van der Waals surface area (Å²) in [4.78, 5) is 2.69. The van der Waals surface area contributed by atoms with Gasteiger partial charge in [-0.3, -0.25) is 0 Å². The summed E-state index contributed by atoms with van der Waals surface area (Å²) in [6.07, 6.45) is 6.93. The monoisotopic (exact) mass is 196 g/mol. The summed E-state index contributed by atoms with van der Waals surface area (Å²) in [6.45, 7) is 6.83. The minimum Gasteiger partial charge on any atom is -0.326 e. The maximum Gasteiger partial charge on any atom is 0.0109 e. The zero-order valence-electron chi connectivity index (χ0n) is 9.63. The van der Waals surface area contributed by atoms with Gasteiger partial charge in [-0.15, -0.1) is 0 Å². The predicted molar refractivity (Wildman–Crippen MR) is 60.2 cm³/mol. The number of nitrogens with two attached hydrogens (primary N) is 1. The fourth-order valence-corrected chi connectivity index (χ4v) is 1.93. The highest BCUT2D eigenvalue weighted by Gasteiger charge is 2.33. The lowest BCUT2D eigenvalue weighted by Crippen LogP contribution is -2.38. The van der Waals surface area contributed by atoms with E-state index in [-0.39, 0.29) is 5.54 Å². The molecule has 0 saturated heterocycles. The van der Waals surface area contributed by atoms with Crippen LogP contribution in [0.2, 0.25) is 0 Å². The maximum atomic E-state index is 6.02. The first-order chi connectivity index (χ1) is 6.54. The summed E-state index contributed by atoms with van der Waals surface area (Å²) < 4.78 is 0. The Morgan fingerprint density at radius 1 is 1.21 bits per heavy atom. The van der Waals surface area contributed by atoms with E-state index in [1.54, 1.807) is 0 Å². The Kier molecular flexibility index (Phi) is 2.85. The van der Waals surface area contributed by atoms with E-state index in [1.807, 2.05) is 0 Å². The van der Waals surface area contributed by atoms with Crippen LogP contribution in [0.5, 0.6) is 0 Å². The van der Waals surface area contributed by atoms with E-state index in [0.717, 1.165) is 18.4 Å². The summed E-state index contributed by atoms with van der Waals surface area (Å²) in [5.41, 5.74) is 6.03. The molecule has 2 rings (SSSR count). The van der Waals surface area contributed by atoms with Gasteiger partial charge in [-0.05, 0) is 51.9 Å². The van der Waals surface area contributed by atoms with Gasteiger partial charge in [0.2, 0.25) is 0 Å². The molecule has 0 aromatic carbocycles. The van der Waals surface area contributed by atoms with Crippen LogP contribution in [-0.2, 0) is 0 Å². The lowest BCUT2D eigenvalue weighted by Gasteiger charge is -2.26. The van der Waals surface area contributed by atoms with Crippen LogP contribution in [0.25, 0.3) is 0 Å². The van der Waals surface area contributed by atoms with Crippen molar-refractivity contribution in [2.45, 2.75) is 57.5 Å². The zero-order chi connectivity index (χ0) is 10.2. The maximum absolute atomic E-state index is 6.02. The Balaban J connectivity index is 1.72. The van der Waals surface area contributed by atoms with Crippen molar-refractivity contribution in [2.75, 3.05) is 13.1 Å². The molecule has 2 saturated carbocycles. The van der Waals surface area contributed by atoms with Crippen LogP contribution in [0.3, 0.4) is 0 Å². The average Bonchev–Trinajstić information content (AvgIpc) is 2.87. The number of rotatable bonds is 6. The fourth-order valence-electron chi connectivity index (χ4n) is 1.93. The van der Waals surface area contributed by atoms with Gasteiger partial charge < -0.3 is 10.6 Å². The smallest absolute Gasteiger partial charge is 0.0109 e. The molecule has 2 aliphatic rings. The highest BCUT2D eigenvalue weighted by molar-refractivity contribution is 4.89. The van der Waals surface area contributed by atoms with Crippen LogP contribution in [0, 0.1) is 5.92 Å². The Labute approximate surface area is 87.8 Å². The Bertz CT molecular complexity index is 187. The van der Waals surface area contributed by atoms with Gasteiger partial charge in [0.05, 0.1) is 0 Å². The summed E-state index contributed by atoms with van der Waals surface area (Å²) in [6, 6.07) is 0.915. The largest absolute Gasteiger partial charge is 0.326 e. The van der Waals surface area contributed by atoms with Gasteiger partial charge in [0.25, 0.3) is 0 Å². The van der Waals surface area contributed by atoms with Crippen LogP contribution in [-0.4, -0.2) is 29.6 Å². The van der Waals surface area contributed by atoms with Crippen LogP contribution in [0.1, 0.15) is 46.0 Å². The van der Waals surface area contributed by atoms with Gasteiger partial charge in [0.15, 0.2) is 0 Å². The van der Waals surface area contributed by atoms with E-state index in [9.17, 15) is 0 Å². The summed E-state index contributed by atoms with van der Waals surface area (Å²) >= 11 is 0. The third-order valence-corrected chi connectivity index (χ3v) is 3.30. The highest BCUT2D eigenvalue weighted by Crippen LogP contribution is 2.35. The van der Waals surface area contributed by atoms with Gasteiger partial charge in [0.1, 0.15) is 0 Å². The standard InChI is InChI=1S/C12H24N2/c1-12(2,13)7-8-14(11-5-6-11)9-10-3-4-10/h10-11H,3-9,13H2,1-2H3. The molecule has 2 N–H and O–H groups in total. The van der Waals surface area contributed by atoms with Crippen molar-refractivity contribution >= 4 is 0 Å². The molecule has 2 fully saturated rings. The molecule has 2 heteroatoms. The molecule has 0 bridgehead atoms. The van der Waals surface area contributed by atoms with Crippen LogP contribution in [0.15, 0.2) is 0 Å². The van der Waals surface area contributed by atoms with E-state index in [4.69, 9.17) is 5.73 Å². The molecule has 82 valence electrons. The van der Waals surface area contributed by atoms with E-state index < -0.39 is 0 Å². The summed E-state index contributed by atoms with van der Waals surface area (Å²) in [5.74, 6) is 1.02. The molecule has 0 aliphatic heterocycles. The van der Waals surface area contributed by atoms with Crippen LogP contribution >= 0.6 is 0 Å². The highest BCUT2D eigenvalue weighted by atomic mass is 15.2. The first-order valence-electron chi connectivity index (χ1n) is 6.07. The Morgan fingerprint density at radius 3 is 2.29 bits per heavy atom. The minimum atomic E-state index is 0.0106. The summed E-state index contributed by atoms with van der Waals surface area (Å²) in [5, 5.41) is 0. The molecule has 0 unspecified atom stereocenters. The molecule has 0 aromatic rings. The van der Waals surface area contributed by atoms with E-state index >= 15 is 0 Å². The molecular formula is C12H24N2. The fraction of sp³-hybridized carbons (Fsp3) is 1.00. The average molecular weight is 196 g/mol. The quantitative estimate of drug-likeness (QED) is 0.704. The predicted octanol–water partition coefficient (Wildman–Crippen LogP) is 1.99. The first kappa shape index (κ1) is 10.4. The second kappa shape index (κ2) is 3.82. The zero-order valence-corrected chi connectivity index (χ0v) is 9.63. The minimum absolute atomic E-state index is 0.0106. The second-order valence-corrected chi connectivity index (χ2v) is 5.91. The third kappa shape index (κ3) is 3.58. The molecule has 0 atom stereocenters. The molecule has 2 aliphatic carbocycles. The van der Waals surface area contributed by atoms with Gasteiger partial charge in [0, 0.05) is 24.7 Å². The van der Waals surface area contributed by atoms with Crippen molar-refractivity contribution in [1.82, 2.24) is 4.90 Å². The van der Waals surface area contributed by atoms with Crippen LogP contribution < -0.4 is 5.73 Å². The second-order valence-electron chi connectivity index (χ2n) is 5.91. The Hall–Kier alpha value is -0.0800. The van der Waals surface area contributed by atoms with Gasteiger partial charge in [-0.25, -0.2) is 0 Å². The van der Waals surface area contributed by atoms with Crippen LogP contribution in [0.4, 0.5) is 0 Å². The van der Waals surface area contributed by atoms with Crippen molar-refractivity contribution in [3.8, 4) is 0 Å². The SMILES string of the molecule is CC(C)(N)CCN(CC1CC1)C1CC1. The van der Waals surface area contributed by atoms with Crippen molar-refractivity contribution in [3.63, 3.8) is 0 Å². The third-order valence-electron chi connectivity index (χ3n) is 3.30. The lowest BCUT2D eigenvalue weighted by molar-refractivity contribution is 0.230. The van der Waals surface area contributed by atoms with Gasteiger partial charge in [-0.1, -0.05) is 0 Å². The Morgan fingerprint density at radius 2 is 1.86 bits per heavy atom. The number of hydrogen-bond donors (Lipinski definition) is 1. The first-order valence-corrected chi connectivity index (χ1v) is 6.07. The van der Waals surface area contributed by atoms with E-state index in [1.165, 1.54) is 38.8 Å². The van der Waals surface area contributed by atoms with E-state index in [0.29, 0.717) is 0 Å². The summed E-state index contributed by atoms with van der Waals surface area (Å²) in [7, 11) is 0. The van der Waals surface area contributed by atoms with Gasteiger partial charge in [-0.2, -0.15) is 0 Å². The molecule has 0 heterocycles. The molecule has 14 heavy (non-hydrogen) atoms. The number of hydrogen-bond acceptors (Lipinski definition) is 2. The molecule has 0 radical (unpaired) electrons. The normalized spacial score (nSPS) is 23.1. The van der Waals surface area contributed by atoms with Crippen molar-refractivity contribution in [3.05, 3.63) is 0 Å². The molecule has 0 aromatic heterocycles. The molecular weight excluding hydrogens is 172 g/mol. The topological polar surface area (TPSA) is 29.3 Å². The van der Waals surface area contributed by atoms with Crippen molar-refractivity contribution in [2.24, 2.45) is 11.7 Å². The van der Waals surface area contributed by atoms with Gasteiger partial charge >= 0.3 is 0 Å². The molecule has 0 amide bonds. The lowest BCUT2D eigenvalue weighted by atomic mass is 10.0. The van der Waals surface area contributed by atoms with Crippen molar-refractivity contribution < 1.29 is 0 Å². The molecule has 2 nitrogen and oxygen atoms in total. The number of nitrogens with zero attached hydrogens (tertiary/aromatic N) is 1. The van der Waals surface area contributed by atoms with E-state index in [2.05, 4.69) is 18.7 Å².